The molecule has 0 bridgehead atoms. The van der Waals surface area contributed by atoms with Crippen LogP contribution >= 0.6 is 0 Å². The van der Waals surface area contributed by atoms with Gasteiger partial charge in [-0.2, -0.15) is 0 Å². The van der Waals surface area contributed by atoms with Crippen LogP contribution in [0.25, 0.3) is 0 Å². The minimum absolute atomic E-state index is 0.542. The van der Waals surface area contributed by atoms with Crippen molar-refractivity contribution in [2.24, 2.45) is 5.92 Å². The number of ether oxygens (including phenoxy) is 1. The molecule has 1 aromatic rings. The standard InChI is InChI=1S/C18H31NO/c1-6-9-19-18(11-15(3)13-20-5)12-17-10-14(2)7-8-16(17)4/h7-8,10,15,18-19H,6,9,11-13H2,1-5H3. The molecule has 0 aliphatic carbocycles. The highest BCUT2D eigenvalue weighted by Gasteiger charge is 2.14. The highest BCUT2D eigenvalue weighted by Crippen LogP contribution is 2.16. The monoisotopic (exact) mass is 277 g/mol. The summed E-state index contributed by atoms with van der Waals surface area (Å²) in [6.45, 7) is 10.8. The van der Waals surface area contributed by atoms with Gasteiger partial charge in [0, 0.05) is 19.8 Å². The molecule has 1 rings (SSSR count). The van der Waals surface area contributed by atoms with E-state index in [1.165, 1.54) is 29.5 Å². The van der Waals surface area contributed by atoms with Crippen LogP contribution < -0.4 is 5.32 Å². The number of methoxy groups -OCH3 is 1. The highest BCUT2D eigenvalue weighted by molar-refractivity contribution is 5.31. The van der Waals surface area contributed by atoms with Crippen LogP contribution in [0.1, 0.15) is 43.4 Å². The van der Waals surface area contributed by atoms with Crippen molar-refractivity contribution >= 4 is 0 Å². The van der Waals surface area contributed by atoms with Crippen molar-refractivity contribution in [2.75, 3.05) is 20.3 Å². The van der Waals surface area contributed by atoms with Gasteiger partial charge in [-0.05, 0) is 56.7 Å². The number of rotatable bonds is 9. The molecule has 0 radical (unpaired) electrons. The summed E-state index contributed by atoms with van der Waals surface area (Å²) in [4.78, 5) is 0. The van der Waals surface area contributed by atoms with E-state index in [0.29, 0.717) is 12.0 Å². The van der Waals surface area contributed by atoms with Crippen LogP contribution in [0.4, 0.5) is 0 Å². The van der Waals surface area contributed by atoms with Crippen molar-refractivity contribution in [1.82, 2.24) is 5.32 Å². The van der Waals surface area contributed by atoms with Gasteiger partial charge < -0.3 is 10.1 Å². The Morgan fingerprint density at radius 3 is 2.65 bits per heavy atom. The van der Waals surface area contributed by atoms with Crippen molar-refractivity contribution in [1.29, 1.82) is 0 Å². The molecule has 0 saturated carbocycles. The van der Waals surface area contributed by atoms with Crippen molar-refractivity contribution in [3.05, 3.63) is 34.9 Å². The lowest BCUT2D eigenvalue weighted by atomic mass is 9.93. The molecule has 0 saturated heterocycles. The number of aryl methyl sites for hydroxylation is 2. The number of nitrogens with one attached hydrogen (secondary N) is 1. The summed E-state index contributed by atoms with van der Waals surface area (Å²) in [5.74, 6) is 0.597. The Labute approximate surface area is 124 Å². The van der Waals surface area contributed by atoms with E-state index in [9.17, 15) is 0 Å². The Morgan fingerprint density at radius 1 is 1.25 bits per heavy atom. The highest BCUT2D eigenvalue weighted by atomic mass is 16.5. The van der Waals surface area contributed by atoms with E-state index in [2.05, 4.69) is 51.2 Å². The lowest BCUT2D eigenvalue weighted by Gasteiger charge is -2.23. The lowest BCUT2D eigenvalue weighted by Crippen LogP contribution is -2.34. The maximum Gasteiger partial charge on any atom is 0.0488 e. The van der Waals surface area contributed by atoms with Gasteiger partial charge in [0.25, 0.3) is 0 Å². The van der Waals surface area contributed by atoms with Gasteiger partial charge in [-0.3, -0.25) is 0 Å². The van der Waals surface area contributed by atoms with Gasteiger partial charge in [0.1, 0.15) is 0 Å². The van der Waals surface area contributed by atoms with E-state index in [0.717, 1.165) is 19.6 Å². The molecule has 0 aliphatic rings. The minimum atomic E-state index is 0.542. The fourth-order valence-electron chi connectivity index (χ4n) is 2.71. The lowest BCUT2D eigenvalue weighted by molar-refractivity contribution is 0.149. The Hall–Kier alpha value is -0.860. The van der Waals surface area contributed by atoms with Crippen LogP contribution in [0.5, 0.6) is 0 Å². The molecule has 114 valence electrons. The summed E-state index contributed by atoms with van der Waals surface area (Å²) in [7, 11) is 1.79. The van der Waals surface area contributed by atoms with Crippen LogP contribution in [-0.4, -0.2) is 26.3 Å². The van der Waals surface area contributed by atoms with Gasteiger partial charge in [-0.25, -0.2) is 0 Å². The average Bonchev–Trinajstić information content (AvgIpc) is 2.40. The first-order chi connectivity index (χ1) is 9.56. The molecular formula is C18H31NO. The molecule has 2 atom stereocenters. The molecule has 2 nitrogen and oxygen atoms in total. The van der Waals surface area contributed by atoms with Crippen LogP contribution in [0.3, 0.4) is 0 Å². The first-order valence-electron chi connectivity index (χ1n) is 7.85. The Morgan fingerprint density at radius 2 is 2.00 bits per heavy atom. The number of hydrogen-bond acceptors (Lipinski definition) is 2. The summed E-state index contributed by atoms with van der Waals surface area (Å²) in [6.07, 6.45) is 3.46. The molecule has 2 unspecified atom stereocenters. The van der Waals surface area contributed by atoms with E-state index in [1.807, 2.05) is 0 Å². The molecule has 1 aromatic carbocycles. The quantitative estimate of drug-likeness (QED) is 0.739. The predicted octanol–water partition coefficient (Wildman–Crippen LogP) is 3.89. The van der Waals surface area contributed by atoms with E-state index in [1.54, 1.807) is 7.11 Å². The Bertz CT molecular complexity index is 389. The van der Waals surface area contributed by atoms with Gasteiger partial charge in [-0.1, -0.05) is 37.6 Å². The zero-order chi connectivity index (χ0) is 15.0. The summed E-state index contributed by atoms with van der Waals surface area (Å²) in [5, 5.41) is 3.70. The zero-order valence-corrected chi connectivity index (χ0v) is 13.8. The van der Waals surface area contributed by atoms with Crippen LogP contribution in [0, 0.1) is 19.8 Å². The molecule has 0 heterocycles. The second-order valence-corrected chi connectivity index (χ2v) is 6.08. The molecule has 0 aliphatic heterocycles. The summed E-state index contributed by atoms with van der Waals surface area (Å²) in [6, 6.07) is 7.30. The summed E-state index contributed by atoms with van der Waals surface area (Å²) in [5.41, 5.74) is 4.23. The van der Waals surface area contributed by atoms with Crippen molar-refractivity contribution in [2.45, 2.75) is 53.0 Å². The second-order valence-electron chi connectivity index (χ2n) is 6.08. The van der Waals surface area contributed by atoms with Crippen molar-refractivity contribution < 1.29 is 4.74 Å². The third kappa shape index (κ3) is 6.06. The third-order valence-electron chi connectivity index (χ3n) is 3.79. The summed E-state index contributed by atoms with van der Waals surface area (Å²) >= 11 is 0. The van der Waals surface area contributed by atoms with Gasteiger partial charge in [0.15, 0.2) is 0 Å². The first-order valence-corrected chi connectivity index (χ1v) is 7.85. The maximum atomic E-state index is 5.27. The number of benzene rings is 1. The van der Waals surface area contributed by atoms with Crippen molar-refractivity contribution in [3.63, 3.8) is 0 Å². The van der Waals surface area contributed by atoms with E-state index >= 15 is 0 Å². The van der Waals surface area contributed by atoms with Gasteiger partial charge in [-0.15, -0.1) is 0 Å². The first kappa shape index (κ1) is 17.2. The predicted molar refractivity (Wildman–Crippen MR) is 87.4 cm³/mol. The molecule has 2 heteroatoms. The molecule has 20 heavy (non-hydrogen) atoms. The van der Waals surface area contributed by atoms with E-state index in [4.69, 9.17) is 4.74 Å². The Kier molecular flexibility index (Phi) is 7.86. The SMILES string of the molecule is CCCNC(Cc1cc(C)ccc1C)CC(C)COC. The molecule has 1 N–H and O–H groups in total. The smallest absolute Gasteiger partial charge is 0.0488 e. The second kappa shape index (κ2) is 9.15. The topological polar surface area (TPSA) is 21.3 Å². The van der Waals surface area contributed by atoms with Gasteiger partial charge in [0.05, 0.1) is 0 Å². The van der Waals surface area contributed by atoms with E-state index < -0.39 is 0 Å². The fourth-order valence-corrected chi connectivity index (χ4v) is 2.71. The number of hydrogen-bond donors (Lipinski definition) is 1. The Balaban J connectivity index is 2.69. The molecule has 0 spiro atoms. The largest absolute Gasteiger partial charge is 0.384 e. The van der Waals surface area contributed by atoms with E-state index in [-0.39, 0.29) is 0 Å². The molecule has 0 aromatic heterocycles. The fraction of sp³-hybridized carbons (Fsp3) is 0.667. The van der Waals surface area contributed by atoms with Crippen LogP contribution in [0.15, 0.2) is 18.2 Å². The third-order valence-corrected chi connectivity index (χ3v) is 3.79. The minimum Gasteiger partial charge on any atom is -0.384 e. The molecular weight excluding hydrogens is 246 g/mol. The van der Waals surface area contributed by atoms with Crippen LogP contribution in [0.2, 0.25) is 0 Å². The van der Waals surface area contributed by atoms with Crippen LogP contribution in [-0.2, 0) is 11.2 Å². The molecule has 0 amide bonds. The maximum absolute atomic E-state index is 5.27. The summed E-state index contributed by atoms with van der Waals surface area (Å²) < 4.78 is 5.27. The average molecular weight is 277 g/mol. The zero-order valence-electron chi connectivity index (χ0n) is 13.8. The van der Waals surface area contributed by atoms with Gasteiger partial charge >= 0.3 is 0 Å². The van der Waals surface area contributed by atoms with Crippen molar-refractivity contribution in [3.8, 4) is 0 Å². The van der Waals surface area contributed by atoms with Gasteiger partial charge in [0.2, 0.25) is 0 Å². The molecule has 0 fully saturated rings. The normalized spacial score (nSPS) is 14.2.